The molecular formula is C19H41NO2. The Morgan fingerprint density at radius 1 is 0.636 bits per heavy atom. The number of aliphatic hydroxyl groups is 2. The number of nitrogens with zero attached hydrogens (tertiary/aromatic N) is 1. The predicted molar refractivity (Wildman–Crippen MR) is 96.3 cm³/mol. The number of hydrogen-bond donors (Lipinski definition) is 2. The summed E-state index contributed by atoms with van der Waals surface area (Å²) in [6.45, 7) is 2.34. The Labute approximate surface area is 139 Å². The molecule has 0 atom stereocenters. The molecule has 0 bridgehead atoms. The SMILES string of the molecule is CCCCCCCCCCCCCCC(CO)(CO)N(C)C. The van der Waals surface area contributed by atoms with Crippen molar-refractivity contribution >= 4 is 0 Å². The quantitative estimate of drug-likeness (QED) is 0.416. The van der Waals surface area contributed by atoms with Gasteiger partial charge in [-0.2, -0.15) is 0 Å². The van der Waals surface area contributed by atoms with Crippen LogP contribution in [-0.4, -0.2) is 48.0 Å². The second-order valence-electron chi connectivity index (χ2n) is 7.07. The van der Waals surface area contributed by atoms with Crippen molar-refractivity contribution in [1.82, 2.24) is 4.90 Å². The molecule has 0 amide bonds. The molecule has 0 unspecified atom stereocenters. The molecule has 0 spiro atoms. The highest BCUT2D eigenvalue weighted by atomic mass is 16.3. The fourth-order valence-corrected chi connectivity index (χ4v) is 3.01. The monoisotopic (exact) mass is 315 g/mol. The van der Waals surface area contributed by atoms with Crippen LogP contribution in [0.4, 0.5) is 0 Å². The summed E-state index contributed by atoms with van der Waals surface area (Å²) in [6.07, 6.45) is 17.0. The van der Waals surface area contributed by atoms with Gasteiger partial charge in [-0.1, -0.05) is 84.0 Å². The third kappa shape index (κ3) is 9.81. The Balaban J connectivity index is 3.43. The lowest BCUT2D eigenvalue weighted by atomic mass is 9.92. The summed E-state index contributed by atoms with van der Waals surface area (Å²) < 4.78 is 0. The van der Waals surface area contributed by atoms with Crippen LogP contribution >= 0.6 is 0 Å². The Hall–Kier alpha value is -0.120. The topological polar surface area (TPSA) is 43.7 Å². The molecule has 3 nitrogen and oxygen atoms in total. The minimum Gasteiger partial charge on any atom is -0.394 e. The van der Waals surface area contributed by atoms with Gasteiger partial charge >= 0.3 is 0 Å². The smallest absolute Gasteiger partial charge is 0.0668 e. The predicted octanol–water partition coefficient (Wildman–Crippen LogP) is 4.36. The molecule has 0 heterocycles. The van der Waals surface area contributed by atoms with Gasteiger partial charge in [-0.15, -0.1) is 0 Å². The lowest BCUT2D eigenvalue weighted by molar-refractivity contribution is 0.00862. The highest BCUT2D eigenvalue weighted by molar-refractivity contribution is 4.86. The maximum atomic E-state index is 9.52. The van der Waals surface area contributed by atoms with Crippen molar-refractivity contribution in [2.45, 2.75) is 95.9 Å². The van der Waals surface area contributed by atoms with E-state index in [4.69, 9.17) is 0 Å². The van der Waals surface area contributed by atoms with Crippen molar-refractivity contribution in [2.24, 2.45) is 0 Å². The first-order valence-electron chi connectivity index (χ1n) is 9.52. The average Bonchev–Trinajstić information content (AvgIpc) is 2.52. The standard InChI is InChI=1S/C19H41NO2/c1-4-5-6-7-8-9-10-11-12-13-14-15-16-19(17-21,18-22)20(2)3/h21-22H,4-18H2,1-3H3. The molecule has 0 aromatic heterocycles. The fourth-order valence-electron chi connectivity index (χ4n) is 3.01. The third-order valence-electron chi connectivity index (χ3n) is 5.03. The first-order valence-corrected chi connectivity index (χ1v) is 9.52. The summed E-state index contributed by atoms with van der Waals surface area (Å²) in [5, 5.41) is 19.0. The molecule has 134 valence electrons. The number of unbranched alkanes of at least 4 members (excludes halogenated alkanes) is 11. The van der Waals surface area contributed by atoms with Crippen molar-refractivity contribution in [3.63, 3.8) is 0 Å². The van der Waals surface area contributed by atoms with Crippen molar-refractivity contribution in [1.29, 1.82) is 0 Å². The molecule has 0 fully saturated rings. The maximum Gasteiger partial charge on any atom is 0.0668 e. The van der Waals surface area contributed by atoms with Gasteiger partial charge in [0.2, 0.25) is 0 Å². The normalized spacial score (nSPS) is 12.3. The van der Waals surface area contributed by atoms with Crippen LogP contribution in [0.15, 0.2) is 0 Å². The van der Waals surface area contributed by atoms with Gasteiger partial charge < -0.3 is 10.2 Å². The summed E-state index contributed by atoms with van der Waals surface area (Å²) in [4.78, 5) is 1.96. The molecule has 0 radical (unpaired) electrons. The van der Waals surface area contributed by atoms with E-state index < -0.39 is 5.54 Å². The van der Waals surface area contributed by atoms with E-state index in [1.807, 2.05) is 19.0 Å². The Kier molecular flexibility index (Phi) is 14.4. The minimum atomic E-state index is -0.432. The van der Waals surface area contributed by atoms with E-state index in [1.165, 1.54) is 70.6 Å². The van der Waals surface area contributed by atoms with Crippen LogP contribution in [0.5, 0.6) is 0 Å². The molecule has 0 aromatic carbocycles. The van der Waals surface area contributed by atoms with Gasteiger partial charge in [0.05, 0.1) is 18.8 Å². The van der Waals surface area contributed by atoms with Gasteiger partial charge in [-0.05, 0) is 20.5 Å². The molecule has 0 rings (SSSR count). The van der Waals surface area contributed by atoms with E-state index in [9.17, 15) is 10.2 Å². The van der Waals surface area contributed by atoms with Crippen LogP contribution in [0.25, 0.3) is 0 Å². The second kappa shape index (κ2) is 14.5. The summed E-state index contributed by atoms with van der Waals surface area (Å²) in [7, 11) is 3.87. The molecule has 2 N–H and O–H groups in total. The Morgan fingerprint density at radius 2 is 1.00 bits per heavy atom. The highest BCUT2D eigenvalue weighted by Crippen LogP contribution is 2.20. The third-order valence-corrected chi connectivity index (χ3v) is 5.03. The van der Waals surface area contributed by atoms with Crippen molar-refractivity contribution in [2.75, 3.05) is 27.3 Å². The number of likely N-dealkylation sites (N-methyl/N-ethyl adjacent to an activating group) is 1. The zero-order chi connectivity index (χ0) is 16.7. The van der Waals surface area contributed by atoms with Crippen LogP contribution in [0.1, 0.15) is 90.4 Å². The number of rotatable bonds is 16. The molecule has 3 heteroatoms. The van der Waals surface area contributed by atoms with Gasteiger partial charge in [-0.25, -0.2) is 0 Å². The number of aliphatic hydroxyl groups excluding tert-OH is 2. The lowest BCUT2D eigenvalue weighted by Gasteiger charge is -2.36. The van der Waals surface area contributed by atoms with Crippen LogP contribution in [0, 0.1) is 0 Å². The Morgan fingerprint density at radius 3 is 1.32 bits per heavy atom. The fraction of sp³-hybridized carbons (Fsp3) is 1.00. The van der Waals surface area contributed by atoms with E-state index in [0.717, 1.165) is 12.8 Å². The average molecular weight is 316 g/mol. The van der Waals surface area contributed by atoms with E-state index in [0.29, 0.717) is 0 Å². The summed E-state index contributed by atoms with van der Waals surface area (Å²) in [6, 6.07) is 0. The number of hydrogen-bond acceptors (Lipinski definition) is 3. The molecule has 0 aliphatic carbocycles. The first-order chi connectivity index (χ1) is 10.6. The summed E-state index contributed by atoms with van der Waals surface area (Å²) in [5.74, 6) is 0. The van der Waals surface area contributed by atoms with Crippen molar-refractivity contribution in [3.05, 3.63) is 0 Å². The van der Waals surface area contributed by atoms with E-state index in [-0.39, 0.29) is 13.2 Å². The highest BCUT2D eigenvalue weighted by Gasteiger charge is 2.30. The largest absolute Gasteiger partial charge is 0.394 e. The molecular weight excluding hydrogens is 274 g/mol. The lowest BCUT2D eigenvalue weighted by Crippen LogP contribution is -2.50. The van der Waals surface area contributed by atoms with Crippen LogP contribution in [0.2, 0.25) is 0 Å². The van der Waals surface area contributed by atoms with E-state index in [2.05, 4.69) is 6.92 Å². The molecule has 0 aromatic rings. The van der Waals surface area contributed by atoms with E-state index >= 15 is 0 Å². The molecule has 0 aliphatic rings. The van der Waals surface area contributed by atoms with Crippen molar-refractivity contribution < 1.29 is 10.2 Å². The molecule has 0 saturated heterocycles. The summed E-state index contributed by atoms with van der Waals surface area (Å²) in [5.41, 5.74) is -0.432. The minimum absolute atomic E-state index is 0.0362. The molecule has 22 heavy (non-hydrogen) atoms. The van der Waals surface area contributed by atoms with Gasteiger partial charge in [0.1, 0.15) is 0 Å². The Bertz CT molecular complexity index is 227. The molecule has 0 saturated carbocycles. The summed E-state index contributed by atoms with van der Waals surface area (Å²) >= 11 is 0. The van der Waals surface area contributed by atoms with Crippen LogP contribution in [-0.2, 0) is 0 Å². The first kappa shape index (κ1) is 21.9. The molecule has 0 aliphatic heterocycles. The van der Waals surface area contributed by atoms with E-state index in [1.54, 1.807) is 0 Å². The van der Waals surface area contributed by atoms with Gasteiger partial charge in [0, 0.05) is 0 Å². The van der Waals surface area contributed by atoms with Crippen molar-refractivity contribution in [3.8, 4) is 0 Å². The maximum absolute atomic E-state index is 9.52. The van der Waals surface area contributed by atoms with Crippen LogP contribution in [0.3, 0.4) is 0 Å². The van der Waals surface area contributed by atoms with Gasteiger partial charge in [0.25, 0.3) is 0 Å². The zero-order valence-electron chi connectivity index (χ0n) is 15.4. The second-order valence-corrected chi connectivity index (χ2v) is 7.07. The van der Waals surface area contributed by atoms with Gasteiger partial charge in [-0.3, -0.25) is 4.90 Å². The van der Waals surface area contributed by atoms with Gasteiger partial charge in [0.15, 0.2) is 0 Å². The van der Waals surface area contributed by atoms with Crippen LogP contribution < -0.4 is 0 Å². The zero-order valence-corrected chi connectivity index (χ0v) is 15.4.